The van der Waals surface area contributed by atoms with Gasteiger partial charge in [0.15, 0.2) is 5.78 Å². The number of aryl methyl sites for hydroxylation is 2. The normalized spacial score (nSPS) is 19.1. The SMILES string of the molecule is O=C1C(=Cc2cc3c4c(c2)CCCN4CCC3)Cc2cc(CO)c(CO)cc21. The predicted octanol–water partition coefficient (Wildman–Crippen LogP) is 3.19. The number of nitrogens with zero attached hydrogens (tertiary/aromatic N) is 1. The second kappa shape index (κ2) is 6.87. The van der Waals surface area contributed by atoms with Crippen molar-refractivity contribution in [3.63, 3.8) is 0 Å². The zero-order valence-corrected chi connectivity index (χ0v) is 16.0. The number of benzene rings is 2. The summed E-state index contributed by atoms with van der Waals surface area (Å²) in [6.45, 7) is 2.03. The molecule has 0 fully saturated rings. The molecule has 1 aliphatic carbocycles. The largest absolute Gasteiger partial charge is 0.392 e. The minimum Gasteiger partial charge on any atom is -0.392 e. The van der Waals surface area contributed by atoms with Crippen LogP contribution in [-0.4, -0.2) is 29.1 Å². The molecule has 2 N–H and O–H groups in total. The second-order valence-corrected chi connectivity index (χ2v) is 8.15. The van der Waals surface area contributed by atoms with E-state index in [1.54, 1.807) is 6.07 Å². The molecule has 2 heterocycles. The van der Waals surface area contributed by atoms with E-state index in [2.05, 4.69) is 17.0 Å². The van der Waals surface area contributed by atoms with E-state index in [9.17, 15) is 15.0 Å². The fourth-order valence-electron chi connectivity index (χ4n) is 5.08. The number of fused-ring (bicyclic) bond motifs is 1. The van der Waals surface area contributed by atoms with Crippen LogP contribution in [0.4, 0.5) is 5.69 Å². The summed E-state index contributed by atoms with van der Waals surface area (Å²) in [6.07, 6.45) is 7.26. The van der Waals surface area contributed by atoms with Crippen molar-refractivity contribution in [2.45, 2.75) is 45.3 Å². The topological polar surface area (TPSA) is 60.8 Å². The van der Waals surface area contributed by atoms with Crippen LogP contribution >= 0.6 is 0 Å². The number of carbonyl (C=O) groups excluding carboxylic acids is 1. The molecule has 28 heavy (non-hydrogen) atoms. The highest BCUT2D eigenvalue weighted by atomic mass is 16.3. The molecule has 0 atom stereocenters. The fourth-order valence-corrected chi connectivity index (χ4v) is 5.08. The summed E-state index contributed by atoms with van der Waals surface area (Å²) in [6, 6.07) is 8.14. The molecule has 0 saturated carbocycles. The minimum absolute atomic E-state index is 0.0437. The van der Waals surface area contributed by atoms with Gasteiger partial charge in [-0.1, -0.05) is 6.07 Å². The Kier molecular flexibility index (Phi) is 4.33. The van der Waals surface area contributed by atoms with Crippen molar-refractivity contribution in [1.29, 1.82) is 0 Å². The molecule has 0 unspecified atom stereocenters. The van der Waals surface area contributed by atoms with Gasteiger partial charge in [-0.05, 0) is 83.3 Å². The lowest BCUT2D eigenvalue weighted by Crippen LogP contribution is -2.34. The average molecular weight is 375 g/mol. The van der Waals surface area contributed by atoms with Gasteiger partial charge in [0.2, 0.25) is 0 Å². The molecular formula is C24H25NO3. The maximum absolute atomic E-state index is 13.0. The Bertz CT molecular complexity index is 974. The number of ketones is 1. The molecular weight excluding hydrogens is 350 g/mol. The molecule has 0 bridgehead atoms. The van der Waals surface area contributed by atoms with Gasteiger partial charge >= 0.3 is 0 Å². The van der Waals surface area contributed by atoms with Crippen molar-refractivity contribution in [3.05, 3.63) is 68.8 Å². The van der Waals surface area contributed by atoms with Gasteiger partial charge in [0.25, 0.3) is 0 Å². The van der Waals surface area contributed by atoms with Crippen LogP contribution < -0.4 is 4.90 Å². The van der Waals surface area contributed by atoms with Gasteiger partial charge in [-0.15, -0.1) is 0 Å². The van der Waals surface area contributed by atoms with E-state index in [4.69, 9.17) is 0 Å². The first-order chi connectivity index (χ1) is 13.7. The van der Waals surface area contributed by atoms with Crippen LogP contribution in [0.1, 0.15) is 56.6 Å². The van der Waals surface area contributed by atoms with Gasteiger partial charge in [-0.2, -0.15) is 0 Å². The maximum Gasteiger partial charge on any atom is 0.189 e. The first kappa shape index (κ1) is 17.7. The molecule has 2 aromatic carbocycles. The van der Waals surface area contributed by atoms with Crippen molar-refractivity contribution in [2.75, 3.05) is 18.0 Å². The van der Waals surface area contributed by atoms with E-state index in [1.165, 1.54) is 29.7 Å². The van der Waals surface area contributed by atoms with E-state index in [1.807, 2.05) is 12.1 Å². The number of aliphatic hydroxyl groups excluding tert-OH is 2. The highest BCUT2D eigenvalue weighted by molar-refractivity contribution is 6.15. The van der Waals surface area contributed by atoms with E-state index in [0.717, 1.165) is 42.6 Å². The van der Waals surface area contributed by atoms with Crippen LogP contribution in [0.25, 0.3) is 6.08 Å². The summed E-state index contributed by atoms with van der Waals surface area (Å²) >= 11 is 0. The number of anilines is 1. The van der Waals surface area contributed by atoms with Gasteiger partial charge < -0.3 is 15.1 Å². The van der Waals surface area contributed by atoms with Crippen molar-refractivity contribution in [2.24, 2.45) is 0 Å². The monoisotopic (exact) mass is 375 g/mol. The molecule has 2 aliphatic heterocycles. The van der Waals surface area contributed by atoms with Crippen molar-refractivity contribution in [1.82, 2.24) is 0 Å². The number of aliphatic hydroxyl groups is 2. The number of hydrogen-bond acceptors (Lipinski definition) is 4. The lowest BCUT2D eigenvalue weighted by molar-refractivity contribution is 0.104. The Hall–Kier alpha value is -2.43. The third kappa shape index (κ3) is 2.79. The summed E-state index contributed by atoms with van der Waals surface area (Å²) in [4.78, 5) is 15.5. The zero-order chi connectivity index (χ0) is 19.3. The van der Waals surface area contributed by atoms with Gasteiger partial charge in [0, 0.05) is 36.3 Å². The van der Waals surface area contributed by atoms with Gasteiger partial charge in [0.05, 0.1) is 13.2 Å². The molecule has 4 heteroatoms. The number of Topliss-reactive ketones (excluding diaryl/α,β-unsaturated/α-hetero) is 1. The Morgan fingerprint density at radius 2 is 1.54 bits per heavy atom. The maximum atomic E-state index is 13.0. The molecule has 144 valence electrons. The molecule has 0 spiro atoms. The molecule has 0 saturated heterocycles. The second-order valence-electron chi connectivity index (χ2n) is 8.15. The molecule has 0 aromatic heterocycles. The number of allylic oxidation sites excluding steroid dienone is 1. The van der Waals surface area contributed by atoms with E-state index in [0.29, 0.717) is 23.1 Å². The van der Waals surface area contributed by atoms with Crippen LogP contribution in [0.15, 0.2) is 29.8 Å². The fraction of sp³-hybridized carbons (Fsp3) is 0.375. The van der Waals surface area contributed by atoms with Gasteiger partial charge in [-0.25, -0.2) is 0 Å². The molecule has 0 amide bonds. The predicted molar refractivity (Wildman–Crippen MR) is 110 cm³/mol. The Labute approximate surface area is 165 Å². The minimum atomic E-state index is -0.166. The Morgan fingerprint density at radius 1 is 0.893 bits per heavy atom. The number of rotatable bonds is 3. The summed E-state index contributed by atoms with van der Waals surface area (Å²) in [7, 11) is 0. The van der Waals surface area contributed by atoms with Crippen molar-refractivity contribution in [3.8, 4) is 0 Å². The Morgan fingerprint density at radius 3 is 2.18 bits per heavy atom. The number of hydrogen-bond donors (Lipinski definition) is 2. The average Bonchev–Trinajstić information content (AvgIpc) is 3.02. The molecule has 2 aromatic rings. The third-order valence-corrected chi connectivity index (χ3v) is 6.38. The van der Waals surface area contributed by atoms with Crippen LogP contribution in [0.5, 0.6) is 0 Å². The van der Waals surface area contributed by atoms with E-state index in [-0.39, 0.29) is 19.0 Å². The standard InChI is InChI=1S/C24H25NO3/c26-13-20-11-18-10-19(24(28)22(18)12-21(20)14-27)9-15-7-16-3-1-5-25-6-2-4-17(8-15)23(16)25/h7-9,11-12,26-27H,1-6,10,13-14H2. The number of carbonyl (C=O) groups is 1. The smallest absolute Gasteiger partial charge is 0.189 e. The summed E-state index contributed by atoms with van der Waals surface area (Å²) in [5.41, 5.74) is 9.15. The Balaban J connectivity index is 1.53. The van der Waals surface area contributed by atoms with Crippen LogP contribution in [0.3, 0.4) is 0 Å². The summed E-state index contributed by atoms with van der Waals surface area (Å²) < 4.78 is 0. The zero-order valence-electron chi connectivity index (χ0n) is 16.0. The van der Waals surface area contributed by atoms with Gasteiger partial charge in [0.1, 0.15) is 0 Å². The summed E-state index contributed by atoms with van der Waals surface area (Å²) in [5.74, 6) is 0.0437. The molecule has 4 nitrogen and oxygen atoms in total. The highest BCUT2D eigenvalue weighted by Crippen LogP contribution is 2.37. The van der Waals surface area contributed by atoms with E-state index >= 15 is 0 Å². The van der Waals surface area contributed by atoms with Crippen LogP contribution in [0.2, 0.25) is 0 Å². The first-order valence-corrected chi connectivity index (χ1v) is 10.2. The lowest BCUT2D eigenvalue weighted by atomic mass is 9.89. The lowest BCUT2D eigenvalue weighted by Gasteiger charge is -2.37. The van der Waals surface area contributed by atoms with E-state index < -0.39 is 0 Å². The van der Waals surface area contributed by atoms with Crippen LogP contribution in [-0.2, 0) is 32.5 Å². The molecule has 3 aliphatic rings. The van der Waals surface area contributed by atoms with Crippen molar-refractivity contribution >= 4 is 17.5 Å². The first-order valence-electron chi connectivity index (χ1n) is 10.2. The van der Waals surface area contributed by atoms with Gasteiger partial charge in [-0.3, -0.25) is 4.79 Å². The highest BCUT2D eigenvalue weighted by Gasteiger charge is 2.27. The van der Waals surface area contributed by atoms with Crippen molar-refractivity contribution < 1.29 is 15.0 Å². The van der Waals surface area contributed by atoms with Crippen LogP contribution in [0, 0.1) is 0 Å². The third-order valence-electron chi connectivity index (χ3n) is 6.38. The molecule has 0 radical (unpaired) electrons. The summed E-state index contributed by atoms with van der Waals surface area (Å²) in [5, 5.41) is 19.1. The molecule has 5 rings (SSSR count). The quantitative estimate of drug-likeness (QED) is 0.809.